The number of nitrogens with zero attached hydrogens (tertiary/aromatic N) is 3. The quantitative estimate of drug-likeness (QED) is 0.874. The lowest BCUT2D eigenvalue weighted by Gasteiger charge is -2.23. The highest BCUT2D eigenvalue weighted by atomic mass is 32.1. The number of rotatable bonds is 3. The molecule has 23 heavy (non-hydrogen) atoms. The van der Waals surface area contributed by atoms with Gasteiger partial charge in [0.1, 0.15) is 0 Å². The molecule has 1 aliphatic carbocycles. The van der Waals surface area contributed by atoms with Crippen LogP contribution in [0.15, 0.2) is 42.9 Å². The van der Waals surface area contributed by atoms with Crippen molar-refractivity contribution in [3.05, 3.63) is 54.1 Å². The summed E-state index contributed by atoms with van der Waals surface area (Å²) in [6.45, 7) is 0. The van der Waals surface area contributed by atoms with E-state index < -0.39 is 0 Å². The van der Waals surface area contributed by atoms with Gasteiger partial charge in [-0.25, -0.2) is 0 Å². The molecule has 0 bridgehead atoms. The van der Waals surface area contributed by atoms with E-state index in [1.807, 2.05) is 18.3 Å². The third-order valence-corrected chi connectivity index (χ3v) is 5.57. The Balaban J connectivity index is 1.66. The molecule has 2 aromatic rings. The molecule has 1 aliphatic heterocycles. The van der Waals surface area contributed by atoms with Gasteiger partial charge in [-0.2, -0.15) is 0 Å². The van der Waals surface area contributed by atoms with Crippen molar-refractivity contribution >= 4 is 17.3 Å². The van der Waals surface area contributed by atoms with E-state index in [-0.39, 0.29) is 12.1 Å². The molecule has 5 heteroatoms. The predicted molar refractivity (Wildman–Crippen MR) is 95.2 cm³/mol. The fourth-order valence-corrected chi connectivity index (χ4v) is 4.15. The van der Waals surface area contributed by atoms with Gasteiger partial charge in [0, 0.05) is 31.7 Å². The Morgan fingerprint density at radius 3 is 2.78 bits per heavy atom. The van der Waals surface area contributed by atoms with Crippen LogP contribution in [0.5, 0.6) is 0 Å². The third kappa shape index (κ3) is 2.63. The van der Waals surface area contributed by atoms with Gasteiger partial charge in [0.2, 0.25) is 0 Å². The Bertz CT molecular complexity index is 690. The topological polar surface area (TPSA) is 33.1 Å². The first kappa shape index (κ1) is 14.7. The first-order valence-corrected chi connectivity index (χ1v) is 8.76. The third-order valence-electron chi connectivity index (χ3n) is 5.16. The highest BCUT2D eigenvalue weighted by Crippen LogP contribution is 2.38. The van der Waals surface area contributed by atoms with Crippen molar-refractivity contribution in [1.82, 2.24) is 19.8 Å². The summed E-state index contributed by atoms with van der Waals surface area (Å²) in [6, 6.07) is 9.26. The summed E-state index contributed by atoms with van der Waals surface area (Å²) in [7, 11) is 2.07. The van der Waals surface area contributed by atoms with Crippen LogP contribution in [0.25, 0.3) is 0 Å². The Morgan fingerprint density at radius 1 is 1.22 bits per heavy atom. The Morgan fingerprint density at radius 2 is 2.04 bits per heavy atom. The Hall–Kier alpha value is -1.88. The molecule has 0 unspecified atom stereocenters. The van der Waals surface area contributed by atoms with E-state index >= 15 is 0 Å². The van der Waals surface area contributed by atoms with Crippen LogP contribution in [0.1, 0.15) is 55.1 Å². The maximum absolute atomic E-state index is 5.49. The zero-order valence-electron chi connectivity index (χ0n) is 13.4. The maximum Gasteiger partial charge on any atom is 0.169 e. The van der Waals surface area contributed by atoms with Gasteiger partial charge in [-0.05, 0) is 48.8 Å². The van der Waals surface area contributed by atoms with Crippen molar-refractivity contribution in [3.63, 3.8) is 0 Å². The number of thiocarbonyl (C=S) groups is 1. The predicted octanol–water partition coefficient (Wildman–Crippen LogP) is 3.60. The van der Waals surface area contributed by atoms with Gasteiger partial charge < -0.3 is 14.8 Å². The molecule has 0 spiro atoms. The second-order valence-electron chi connectivity index (χ2n) is 6.57. The number of hydrogen-bond acceptors (Lipinski definition) is 2. The molecule has 0 radical (unpaired) electrons. The van der Waals surface area contributed by atoms with Gasteiger partial charge in [0.15, 0.2) is 5.11 Å². The summed E-state index contributed by atoms with van der Waals surface area (Å²) >= 11 is 5.49. The van der Waals surface area contributed by atoms with Gasteiger partial charge >= 0.3 is 0 Å². The molecule has 3 heterocycles. The molecule has 0 aromatic carbocycles. The minimum absolute atomic E-state index is 0.105. The van der Waals surface area contributed by atoms with Crippen molar-refractivity contribution in [2.45, 2.75) is 43.8 Å². The largest absolute Gasteiger partial charge is 0.352 e. The number of nitrogens with one attached hydrogen (secondary N) is 1. The molecule has 1 saturated heterocycles. The molecule has 0 amide bonds. The molecule has 1 saturated carbocycles. The number of likely N-dealkylation sites (N-methyl/N-ethyl adjacent to an activating group) is 1. The Kier molecular flexibility index (Phi) is 3.81. The summed E-state index contributed by atoms with van der Waals surface area (Å²) in [4.78, 5) is 6.69. The highest BCUT2D eigenvalue weighted by molar-refractivity contribution is 7.80. The zero-order chi connectivity index (χ0) is 15.8. The fourth-order valence-electron chi connectivity index (χ4n) is 3.91. The van der Waals surface area contributed by atoms with Crippen LogP contribution in [0.4, 0.5) is 0 Å². The average Bonchev–Trinajstić information content (AvgIpc) is 3.29. The van der Waals surface area contributed by atoms with E-state index in [9.17, 15) is 0 Å². The van der Waals surface area contributed by atoms with Crippen LogP contribution in [0, 0.1) is 0 Å². The molecular formula is C18H22N4S. The SMILES string of the molecule is CN1C(=S)N[C@@H](c2ccccn2)[C@H]1c1ccn(C2CCCC2)c1. The number of hydrogen-bond donors (Lipinski definition) is 1. The van der Waals surface area contributed by atoms with E-state index in [2.05, 4.69) is 51.3 Å². The molecule has 1 N–H and O–H groups in total. The molecule has 2 fully saturated rings. The molecular weight excluding hydrogens is 304 g/mol. The van der Waals surface area contributed by atoms with Gasteiger partial charge in [-0.3, -0.25) is 4.98 Å². The van der Waals surface area contributed by atoms with Crippen molar-refractivity contribution < 1.29 is 0 Å². The lowest BCUT2D eigenvalue weighted by molar-refractivity contribution is 0.367. The molecule has 4 rings (SSSR count). The normalized spacial score (nSPS) is 25.1. The maximum atomic E-state index is 5.49. The van der Waals surface area contributed by atoms with Crippen LogP contribution in [0.2, 0.25) is 0 Å². The van der Waals surface area contributed by atoms with Crippen molar-refractivity contribution in [2.75, 3.05) is 7.05 Å². The Labute approximate surface area is 142 Å². The second-order valence-corrected chi connectivity index (χ2v) is 6.95. The summed E-state index contributed by atoms with van der Waals surface area (Å²) in [5.74, 6) is 0. The summed E-state index contributed by atoms with van der Waals surface area (Å²) in [6.07, 6.45) is 11.7. The fraction of sp³-hybridized carbons (Fsp3) is 0.444. The van der Waals surface area contributed by atoms with Crippen molar-refractivity contribution in [1.29, 1.82) is 0 Å². The van der Waals surface area contributed by atoms with E-state index in [1.54, 1.807) is 0 Å². The van der Waals surface area contributed by atoms with Gasteiger partial charge in [0.25, 0.3) is 0 Å². The van der Waals surface area contributed by atoms with Crippen LogP contribution < -0.4 is 5.32 Å². The van der Waals surface area contributed by atoms with Crippen LogP contribution >= 0.6 is 12.2 Å². The first-order valence-electron chi connectivity index (χ1n) is 8.35. The molecule has 2 aromatic heterocycles. The van der Waals surface area contributed by atoms with E-state index in [0.29, 0.717) is 6.04 Å². The second kappa shape index (κ2) is 5.96. The van der Waals surface area contributed by atoms with Crippen molar-refractivity contribution in [2.24, 2.45) is 0 Å². The lowest BCUT2D eigenvalue weighted by atomic mass is 9.99. The number of pyridine rings is 1. The lowest BCUT2D eigenvalue weighted by Crippen LogP contribution is -2.24. The van der Waals surface area contributed by atoms with E-state index in [4.69, 9.17) is 12.2 Å². The van der Waals surface area contributed by atoms with E-state index in [0.717, 1.165) is 10.8 Å². The van der Waals surface area contributed by atoms with Crippen LogP contribution in [-0.4, -0.2) is 26.6 Å². The summed E-state index contributed by atoms with van der Waals surface area (Å²) < 4.78 is 2.40. The monoisotopic (exact) mass is 326 g/mol. The van der Waals surface area contributed by atoms with Gasteiger partial charge in [-0.1, -0.05) is 18.9 Å². The first-order chi connectivity index (χ1) is 11.2. The zero-order valence-corrected chi connectivity index (χ0v) is 14.2. The summed E-state index contributed by atoms with van der Waals surface area (Å²) in [5.41, 5.74) is 2.35. The highest BCUT2D eigenvalue weighted by Gasteiger charge is 2.38. The minimum Gasteiger partial charge on any atom is -0.352 e. The van der Waals surface area contributed by atoms with Gasteiger partial charge in [-0.15, -0.1) is 0 Å². The van der Waals surface area contributed by atoms with Gasteiger partial charge in [0.05, 0.1) is 17.8 Å². The van der Waals surface area contributed by atoms with E-state index in [1.165, 1.54) is 31.2 Å². The minimum atomic E-state index is 0.105. The average molecular weight is 326 g/mol. The van der Waals surface area contributed by atoms with Crippen molar-refractivity contribution in [3.8, 4) is 0 Å². The standard InChI is InChI=1S/C18H22N4S/c1-21-17(13-9-11-22(12-13)14-6-2-3-7-14)16(20-18(21)23)15-8-4-5-10-19-15/h4-5,8-12,14,16-17H,2-3,6-7H2,1H3,(H,20,23)/t16-,17+/m0/s1. The molecule has 120 valence electrons. The number of aromatic nitrogens is 2. The smallest absolute Gasteiger partial charge is 0.169 e. The molecule has 2 atom stereocenters. The molecule has 2 aliphatic rings. The van der Waals surface area contributed by atoms with Crippen LogP contribution in [0.3, 0.4) is 0 Å². The van der Waals surface area contributed by atoms with Crippen LogP contribution in [-0.2, 0) is 0 Å². The molecule has 4 nitrogen and oxygen atoms in total. The summed E-state index contributed by atoms with van der Waals surface area (Å²) in [5, 5.41) is 4.22.